The summed E-state index contributed by atoms with van der Waals surface area (Å²) in [7, 11) is 0. The standard InChI is InChI=1S/C10H12N2/c1-7(2)8-5-3-4-6-9(8)10(11)12/h3-6H,1H2,2H3,(H3,11,12). The zero-order valence-corrected chi connectivity index (χ0v) is 7.09. The van der Waals surface area contributed by atoms with Gasteiger partial charge in [-0.15, -0.1) is 0 Å². The van der Waals surface area contributed by atoms with E-state index in [0.717, 1.165) is 16.7 Å². The fourth-order valence-corrected chi connectivity index (χ4v) is 1.09. The van der Waals surface area contributed by atoms with E-state index in [0.29, 0.717) is 0 Å². The second kappa shape index (κ2) is 3.22. The maximum Gasteiger partial charge on any atom is 0.123 e. The van der Waals surface area contributed by atoms with Crippen LogP contribution in [0.25, 0.3) is 5.57 Å². The molecule has 0 saturated heterocycles. The van der Waals surface area contributed by atoms with Crippen LogP contribution in [0, 0.1) is 5.41 Å². The molecule has 0 aliphatic heterocycles. The van der Waals surface area contributed by atoms with Gasteiger partial charge < -0.3 is 5.73 Å². The summed E-state index contributed by atoms with van der Waals surface area (Å²) in [5.74, 6) is 0.0913. The Hall–Kier alpha value is -1.57. The van der Waals surface area contributed by atoms with Crippen molar-refractivity contribution in [3.63, 3.8) is 0 Å². The van der Waals surface area contributed by atoms with Gasteiger partial charge in [-0.05, 0) is 12.5 Å². The molecule has 0 amide bonds. The average Bonchev–Trinajstić information content (AvgIpc) is 2.04. The van der Waals surface area contributed by atoms with Crippen LogP contribution in [0.5, 0.6) is 0 Å². The van der Waals surface area contributed by atoms with Crippen LogP contribution in [-0.4, -0.2) is 5.84 Å². The van der Waals surface area contributed by atoms with Gasteiger partial charge >= 0.3 is 0 Å². The van der Waals surface area contributed by atoms with Gasteiger partial charge in [-0.2, -0.15) is 0 Å². The summed E-state index contributed by atoms with van der Waals surface area (Å²) in [6.07, 6.45) is 0. The summed E-state index contributed by atoms with van der Waals surface area (Å²) in [5, 5.41) is 7.31. The Balaban J connectivity index is 3.27. The van der Waals surface area contributed by atoms with Gasteiger partial charge in [0.2, 0.25) is 0 Å². The monoisotopic (exact) mass is 160 g/mol. The molecule has 0 atom stereocenters. The number of benzene rings is 1. The summed E-state index contributed by atoms with van der Waals surface area (Å²) in [5.41, 5.74) is 8.03. The zero-order valence-electron chi connectivity index (χ0n) is 7.09. The maximum atomic E-state index is 7.31. The second-order valence-corrected chi connectivity index (χ2v) is 2.74. The van der Waals surface area contributed by atoms with Gasteiger partial charge in [0.25, 0.3) is 0 Å². The van der Waals surface area contributed by atoms with Crippen LogP contribution in [-0.2, 0) is 0 Å². The first-order valence-corrected chi connectivity index (χ1v) is 3.72. The number of hydrogen-bond acceptors (Lipinski definition) is 1. The molecule has 0 aliphatic rings. The molecule has 12 heavy (non-hydrogen) atoms. The lowest BCUT2D eigenvalue weighted by atomic mass is 10.0. The van der Waals surface area contributed by atoms with E-state index in [1.165, 1.54) is 0 Å². The summed E-state index contributed by atoms with van der Waals surface area (Å²) in [6.45, 7) is 5.72. The minimum atomic E-state index is 0.0913. The third kappa shape index (κ3) is 1.53. The van der Waals surface area contributed by atoms with Gasteiger partial charge in [0, 0.05) is 5.56 Å². The highest BCUT2D eigenvalue weighted by molar-refractivity contribution is 5.99. The van der Waals surface area contributed by atoms with Gasteiger partial charge in [-0.1, -0.05) is 36.4 Å². The van der Waals surface area contributed by atoms with E-state index < -0.39 is 0 Å². The second-order valence-electron chi connectivity index (χ2n) is 2.74. The van der Waals surface area contributed by atoms with E-state index >= 15 is 0 Å². The average molecular weight is 160 g/mol. The summed E-state index contributed by atoms with van der Waals surface area (Å²) in [6, 6.07) is 7.52. The van der Waals surface area contributed by atoms with E-state index in [1.54, 1.807) is 0 Å². The zero-order chi connectivity index (χ0) is 9.14. The molecule has 0 heterocycles. The Morgan fingerprint density at radius 2 is 1.83 bits per heavy atom. The van der Waals surface area contributed by atoms with E-state index in [2.05, 4.69) is 6.58 Å². The van der Waals surface area contributed by atoms with Crippen molar-refractivity contribution in [1.29, 1.82) is 5.41 Å². The van der Waals surface area contributed by atoms with Crippen molar-refractivity contribution in [2.45, 2.75) is 6.92 Å². The van der Waals surface area contributed by atoms with Crippen LogP contribution in [0.15, 0.2) is 30.8 Å². The van der Waals surface area contributed by atoms with Crippen molar-refractivity contribution >= 4 is 11.4 Å². The quantitative estimate of drug-likeness (QED) is 0.504. The first-order valence-electron chi connectivity index (χ1n) is 3.72. The summed E-state index contributed by atoms with van der Waals surface area (Å²) in [4.78, 5) is 0. The molecule has 0 bridgehead atoms. The summed E-state index contributed by atoms with van der Waals surface area (Å²) < 4.78 is 0. The van der Waals surface area contributed by atoms with Crippen LogP contribution >= 0.6 is 0 Å². The molecule has 0 fully saturated rings. The Kier molecular flexibility index (Phi) is 2.29. The molecule has 0 spiro atoms. The fourth-order valence-electron chi connectivity index (χ4n) is 1.09. The van der Waals surface area contributed by atoms with E-state index in [-0.39, 0.29) is 5.84 Å². The predicted octanol–water partition coefficient (Wildman–Crippen LogP) is 2.00. The van der Waals surface area contributed by atoms with Crippen molar-refractivity contribution in [3.8, 4) is 0 Å². The van der Waals surface area contributed by atoms with Crippen LogP contribution in [0.4, 0.5) is 0 Å². The molecule has 1 aromatic rings. The first-order chi connectivity index (χ1) is 5.63. The van der Waals surface area contributed by atoms with Crippen molar-refractivity contribution in [1.82, 2.24) is 0 Å². The van der Waals surface area contributed by atoms with Crippen LogP contribution in [0.3, 0.4) is 0 Å². The number of nitrogen functional groups attached to an aromatic ring is 1. The third-order valence-electron chi connectivity index (χ3n) is 1.68. The molecule has 0 radical (unpaired) electrons. The molecule has 62 valence electrons. The molecule has 0 saturated carbocycles. The van der Waals surface area contributed by atoms with Crippen molar-refractivity contribution < 1.29 is 0 Å². The van der Waals surface area contributed by atoms with Crippen LogP contribution < -0.4 is 5.73 Å². The van der Waals surface area contributed by atoms with Gasteiger partial charge in [0.1, 0.15) is 5.84 Å². The molecule has 3 N–H and O–H groups in total. The highest BCUT2D eigenvalue weighted by atomic mass is 14.7. The minimum Gasteiger partial charge on any atom is -0.384 e. The van der Waals surface area contributed by atoms with Gasteiger partial charge in [-0.25, -0.2) is 0 Å². The predicted molar refractivity (Wildman–Crippen MR) is 52.2 cm³/mol. The highest BCUT2D eigenvalue weighted by Gasteiger charge is 2.03. The lowest BCUT2D eigenvalue weighted by Gasteiger charge is -2.06. The number of amidine groups is 1. The van der Waals surface area contributed by atoms with Crippen molar-refractivity contribution in [2.75, 3.05) is 0 Å². The Morgan fingerprint density at radius 1 is 1.33 bits per heavy atom. The molecule has 2 nitrogen and oxygen atoms in total. The number of rotatable bonds is 2. The topological polar surface area (TPSA) is 49.9 Å². The number of allylic oxidation sites excluding steroid dienone is 1. The van der Waals surface area contributed by atoms with Crippen molar-refractivity contribution in [2.24, 2.45) is 5.73 Å². The lowest BCUT2D eigenvalue weighted by molar-refractivity contribution is 1.40. The lowest BCUT2D eigenvalue weighted by Crippen LogP contribution is -2.12. The largest absolute Gasteiger partial charge is 0.384 e. The van der Waals surface area contributed by atoms with Crippen molar-refractivity contribution in [3.05, 3.63) is 42.0 Å². The summed E-state index contributed by atoms with van der Waals surface area (Å²) >= 11 is 0. The highest BCUT2D eigenvalue weighted by Crippen LogP contribution is 2.15. The number of nitrogens with one attached hydrogen (secondary N) is 1. The Bertz CT molecular complexity index is 293. The smallest absolute Gasteiger partial charge is 0.123 e. The first kappa shape index (κ1) is 8.53. The molecule has 1 aromatic carbocycles. The van der Waals surface area contributed by atoms with E-state index in [1.807, 2.05) is 31.2 Å². The molecule has 2 heteroatoms. The molecule has 0 unspecified atom stereocenters. The van der Waals surface area contributed by atoms with E-state index in [4.69, 9.17) is 11.1 Å². The third-order valence-corrected chi connectivity index (χ3v) is 1.68. The van der Waals surface area contributed by atoms with Gasteiger partial charge in [0.15, 0.2) is 0 Å². The Labute approximate surface area is 72.2 Å². The molecule has 1 rings (SSSR count). The Morgan fingerprint density at radius 3 is 2.17 bits per heavy atom. The normalized spacial score (nSPS) is 9.42. The maximum absolute atomic E-state index is 7.31. The van der Waals surface area contributed by atoms with E-state index in [9.17, 15) is 0 Å². The number of hydrogen-bond donors (Lipinski definition) is 2. The molecule has 0 aromatic heterocycles. The van der Waals surface area contributed by atoms with Gasteiger partial charge in [0.05, 0.1) is 0 Å². The van der Waals surface area contributed by atoms with Gasteiger partial charge in [-0.3, -0.25) is 5.41 Å². The van der Waals surface area contributed by atoms with Crippen LogP contribution in [0.2, 0.25) is 0 Å². The van der Waals surface area contributed by atoms with Crippen LogP contribution in [0.1, 0.15) is 18.1 Å². The SMILES string of the molecule is C=C(C)c1ccccc1C(=N)N. The molecule has 0 aliphatic carbocycles. The molecular weight excluding hydrogens is 148 g/mol. The molecular formula is C10H12N2. The fraction of sp³-hybridized carbons (Fsp3) is 0.100. The number of nitrogens with two attached hydrogens (primary N) is 1. The minimum absolute atomic E-state index is 0.0913.